The lowest BCUT2D eigenvalue weighted by Crippen LogP contribution is -2.18. The molecule has 0 saturated carbocycles. The molecule has 0 unspecified atom stereocenters. The molecule has 2 aromatic rings. The van der Waals surface area contributed by atoms with Crippen molar-refractivity contribution >= 4 is 11.5 Å². The Morgan fingerprint density at radius 3 is 3.00 bits per heavy atom. The SMILES string of the molecule is O=C(O)c1cccn2c(CC3CCOCC3)ncc12. The number of rotatable bonds is 3. The van der Waals surface area contributed by atoms with Crippen molar-refractivity contribution in [2.24, 2.45) is 5.92 Å². The summed E-state index contributed by atoms with van der Waals surface area (Å²) in [6.07, 6.45) is 6.50. The largest absolute Gasteiger partial charge is 0.478 e. The van der Waals surface area contributed by atoms with Crippen molar-refractivity contribution in [2.45, 2.75) is 19.3 Å². The summed E-state index contributed by atoms with van der Waals surface area (Å²) in [4.78, 5) is 15.5. The number of fused-ring (bicyclic) bond motifs is 1. The molecule has 5 heteroatoms. The van der Waals surface area contributed by atoms with Gasteiger partial charge in [-0.2, -0.15) is 0 Å². The van der Waals surface area contributed by atoms with Gasteiger partial charge in [0.15, 0.2) is 0 Å². The van der Waals surface area contributed by atoms with Crippen LogP contribution in [0.3, 0.4) is 0 Å². The molecule has 0 radical (unpaired) electrons. The number of hydrogen-bond acceptors (Lipinski definition) is 3. The van der Waals surface area contributed by atoms with Gasteiger partial charge in [-0.25, -0.2) is 9.78 Å². The number of hydrogen-bond donors (Lipinski definition) is 1. The molecule has 5 nitrogen and oxygen atoms in total. The van der Waals surface area contributed by atoms with Crippen molar-refractivity contribution in [2.75, 3.05) is 13.2 Å². The number of ether oxygens (including phenoxy) is 1. The minimum absolute atomic E-state index is 0.299. The van der Waals surface area contributed by atoms with Gasteiger partial charge in [-0.3, -0.25) is 0 Å². The average Bonchev–Trinajstić information content (AvgIpc) is 2.83. The molecule has 1 N–H and O–H groups in total. The predicted octanol–water partition coefficient (Wildman–Crippen LogP) is 2.00. The molecule has 100 valence electrons. The van der Waals surface area contributed by atoms with Crippen LogP contribution in [0.15, 0.2) is 24.5 Å². The maximum atomic E-state index is 11.2. The van der Waals surface area contributed by atoms with E-state index in [1.54, 1.807) is 18.3 Å². The lowest BCUT2D eigenvalue weighted by molar-refractivity contribution is 0.0659. The third-order valence-electron chi connectivity index (χ3n) is 3.69. The predicted molar refractivity (Wildman–Crippen MR) is 69.4 cm³/mol. The second-order valence-corrected chi connectivity index (χ2v) is 4.92. The quantitative estimate of drug-likeness (QED) is 0.916. The molecular weight excluding hydrogens is 244 g/mol. The van der Waals surface area contributed by atoms with E-state index in [2.05, 4.69) is 4.98 Å². The summed E-state index contributed by atoms with van der Waals surface area (Å²) in [5.74, 6) is 0.598. The third kappa shape index (κ3) is 2.33. The van der Waals surface area contributed by atoms with Crippen LogP contribution in [0, 0.1) is 5.92 Å². The molecule has 1 aliphatic heterocycles. The highest BCUT2D eigenvalue weighted by molar-refractivity contribution is 5.95. The highest BCUT2D eigenvalue weighted by atomic mass is 16.5. The summed E-state index contributed by atoms with van der Waals surface area (Å²) in [5, 5.41) is 9.16. The van der Waals surface area contributed by atoms with Crippen molar-refractivity contribution in [3.63, 3.8) is 0 Å². The van der Waals surface area contributed by atoms with Crippen molar-refractivity contribution in [1.82, 2.24) is 9.38 Å². The molecule has 2 aromatic heterocycles. The number of pyridine rings is 1. The smallest absolute Gasteiger partial charge is 0.337 e. The van der Waals surface area contributed by atoms with E-state index >= 15 is 0 Å². The maximum absolute atomic E-state index is 11.2. The van der Waals surface area contributed by atoms with Gasteiger partial charge >= 0.3 is 5.97 Å². The van der Waals surface area contributed by atoms with Crippen LogP contribution in [0.5, 0.6) is 0 Å². The molecule has 3 rings (SSSR count). The van der Waals surface area contributed by atoms with E-state index in [1.165, 1.54) is 0 Å². The van der Waals surface area contributed by atoms with E-state index in [0.29, 0.717) is 17.0 Å². The number of carbonyl (C=O) groups is 1. The fourth-order valence-electron chi connectivity index (χ4n) is 2.62. The first-order chi connectivity index (χ1) is 9.25. The summed E-state index contributed by atoms with van der Waals surface area (Å²) in [7, 11) is 0. The van der Waals surface area contributed by atoms with Gasteiger partial charge in [-0.05, 0) is 30.9 Å². The van der Waals surface area contributed by atoms with Crippen LogP contribution in [0.25, 0.3) is 5.52 Å². The Balaban J connectivity index is 1.92. The van der Waals surface area contributed by atoms with E-state index in [4.69, 9.17) is 9.84 Å². The first kappa shape index (κ1) is 12.2. The topological polar surface area (TPSA) is 63.8 Å². The fourth-order valence-corrected chi connectivity index (χ4v) is 2.62. The summed E-state index contributed by atoms with van der Waals surface area (Å²) in [6.45, 7) is 1.63. The molecular formula is C14H16N2O3. The van der Waals surface area contributed by atoms with Gasteiger partial charge < -0.3 is 14.2 Å². The Kier molecular flexibility index (Phi) is 3.21. The molecule has 1 fully saturated rings. The third-order valence-corrected chi connectivity index (χ3v) is 3.69. The molecule has 0 aliphatic carbocycles. The molecule has 0 atom stereocenters. The van der Waals surface area contributed by atoms with E-state index in [1.807, 2.05) is 10.6 Å². The molecule has 1 aliphatic rings. The number of aromatic carboxylic acids is 1. The Morgan fingerprint density at radius 2 is 2.26 bits per heavy atom. The zero-order valence-electron chi connectivity index (χ0n) is 10.6. The summed E-state index contributed by atoms with van der Waals surface area (Å²) in [5.41, 5.74) is 0.963. The Labute approximate surface area is 110 Å². The Bertz CT molecular complexity index is 600. The monoisotopic (exact) mass is 260 g/mol. The minimum atomic E-state index is -0.914. The first-order valence-corrected chi connectivity index (χ1v) is 6.51. The molecule has 19 heavy (non-hydrogen) atoms. The van der Waals surface area contributed by atoms with Gasteiger partial charge in [0.05, 0.1) is 17.3 Å². The normalized spacial score (nSPS) is 16.8. The number of imidazole rings is 1. The number of carboxylic acid groups (broad SMARTS) is 1. The number of aromatic nitrogens is 2. The maximum Gasteiger partial charge on any atom is 0.337 e. The summed E-state index contributed by atoms with van der Waals surface area (Å²) < 4.78 is 7.24. The second kappa shape index (κ2) is 5.01. The van der Waals surface area contributed by atoms with Crippen molar-refractivity contribution in [1.29, 1.82) is 0 Å². The van der Waals surface area contributed by atoms with Crippen molar-refractivity contribution in [3.8, 4) is 0 Å². The minimum Gasteiger partial charge on any atom is -0.478 e. The van der Waals surface area contributed by atoms with E-state index in [0.717, 1.165) is 38.3 Å². The molecule has 0 bridgehead atoms. The lowest BCUT2D eigenvalue weighted by atomic mass is 9.96. The van der Waals surface area contributed by atoms with Gasteiger partial charge in [0.25, 0.3) is 0 Å². The number of nitrogens with zero attached hydrogens (tertiary/aromatic N) is 2. The van der Waals surface area contributed by atoms with E-state index < -0.39 is 5.97 Å². The summed E-state index contributed by atoms with van der Waals surface area (Å²) in [6, 6.07) is 3.36. The van der Waals surface area contributed by atoms with E-state index in [-0.39, 0.29) is 0 Å². The van der Waals surface area contributed by atoms with Crippen LogP contribution < -0.4 is 0 Å². The van der Waals surface area contributed by atoms with E-state index in [9.17, 15) is 4.79 Å². The van der Waals surface area contributed by atoms with Gasteiger partial charge in [-0.1, -0.05) is 0 Å². The van der Waals surface area contributed by atoms with Crippen LogP contribution in [-0.2, 0) is 11.2 Å². The zero-order valence-corrected chi connectivity index (χ0v) is 10.6. The summed E-state index contributed by atoms with van der Waals surface area (Å²) >= 11 is 0. The highest BCUT2D eigenvalue weighted by Crippen LogP contribution is 2.21. The number of carboxylic acids is 1. The van der Waals surface area contributed by atoms with Crippen LogP contribution in [-0.4, -0.2) is 33.7 Å². The molecule has 0 amide bonds. The second-order valence-electron chi connectivity index (χ2n) is 4.92. The van der Waals surface area contributed by atoms with Gasteiger partial charge in [0.2, 0.25) is 0 Å². The standard InChI is InChI=1S/C14H16N2O3/c17-14(18)11-2-1-5-16-12(11)9-15-13(16)8-10-3-6-19-7-4-10/h1-2,5,9-10H,3-4,6-8H2,(H,17,18). The fraction of sp³-hybridized carbons (Fsp3) is 0.429. The Hall–Kier alpha value is -1.88. The zero-order chi connectivity index (χ0) is 13.2. The van der Waals surface area contributed by atoms with Gasteiger partial charge in [0.1, 0.15) is 5.82 Å². The van der Waals surface area contributed by atoms with Crippen LogP contribution in [0.1, 0.15) is 29.0 Å². The van der Waals surface area contributed by atoms with Gasteiger partial charge in [-0.15, -0.1) is 0 Å². The van der Waals surface area contributed by atoms with Crippen LogP contribution in [0.4, 0.5) is 0 Å². The molecule has 3 heterocycles. The lowest BCUT2D eigenvalue weighted by Gasteiger charge is -2.21. The Morgan fingerprint density at radius 1 is 1.47 bits per heavy atom. The molecule has 0 aromatic carbocycles. The van der Waals surface area contributed by atoms with Crippen LogP contribution >= 0.6 is 0 Å². The average molecular weight is 260 g/mol. The van der Waals surface area contributed by atoms with Crippen LogP contribution in [0.2, 0.25) is 0 Å². The van der Waals surface area contributed by atoms with Crippen molar-refractivity contribution in [3.05, 3.63) is 35.9 Å². The molecule has 0 spiro atoms. The van der Waals surface area contributed by atoms with Gasteiger partial charge in [0, 0.05) is 25.8 Å². The molecule has 1 saturated heterocycles. The first-order valence-electron chi connectivity index (χ1n) is 6.51. The highest BCUT2D eigenvalue weighted by Gasteiger charge is 2.18. The van der Waals surface area contributed by atoms with Crippen molar-refractivity contribution < 1.29 is 14.6 Å².